The van der Waals surface area contributed by atoms with E-state index >= 15 is 0 Å². The van der Waals surface area contributed by atoms with E-state index in [2.05, 4.69) is 0 Å². The van der Waals surface area contributed by atoms with Crippen LogP contribution in [0.3, 0.4) is 0 Å². The van der Waals surface area contributed by atoms with Gasteiger partial charge in [0, 0.05) is 29.9 Å². The van der Waals surface area contributed by atoms with E-state index in [0.717, 1.165) is 5.69 Å². The third kappa shape index (κ3) is 3.22. The molecule has 2 amide bonds. The molecule has 26 heavy (non-hydrogen) atoms. The molecule has 0 saturated carbocycles. The van der Waals surface area contributed by atoms with Crippen LogP contribution in [0, 0.1) is 0 Å². The van der Waals surface area contributed by atoms with Gasteiger partial charge in [-0.05, 0) is 30.7 Å². The summed E-state index contributed by atoms with van der Waals surface area (Å²) in [5.41, 5.74) is 1.94. The largest absolute Gasteiger partial charge is 0.339 e. The SMILES string of the molecule is CCCN1C(=O)C(c2ccc(Cl)cc2Cl)=C(N(C)c2ccccc2)C1=O. The van der Waals surface area contributed by atoms with Gasteiger partial charge in [-0.2, -0.15) is 0 Å². The summed E-state index contributed by atoms with van der Waals surface area (Å²) in [4.78, 5) is 29.0. The highest BCUT2D eigenvalue weighted by Crippen LogP contribution is 2.37. The fraction of sp³-hybridized carbons (Fsp3) is 0.200. The number of rotatable bonds is 5. The van der Waals surface area contributed by atoms with Crippen molar-refractivity contribution in [2.45, 2.75) is 13.3 Å². The molecule has 2 aromatic rings. The van der Waals surface area contributed by atoms with Gasteiger partial charge in [-0.15, -0.1) is 0 Å². The Morgan fingerprint density at radius 3 is 2.31 bits per heavy atom. The maximum atomic E-state index is 13.0. The summed E-state index contributed by atoms with van der Waals surface area (Å²) in [7, 11) is 1.77. The van der Waals surface area contributed by atoms with Crippen LogP contribution in [0.4, 0.5) is 5.69 Å². The lowest BCUT2D eigenvalue weighted by molar-refractivity contribution is -0.136. The van der Waals surface area contributed by atoms with Gasteiger partial charge in [0.05, 0.1) is 10.6 Å². The minimum absolute atomic E-state index is 0.302. The van der Waals surface area contributed by atoms with E-state index in [9.17, 15) is 9.59 Å². The van der Waals surface area contributed by atoms with Crippen LogP contribution >= 0.6 is 23.2 Å². The molecule has 1 aliphatic rings. The molecule has 2 aromatic carbocycles. The van der Waals surface area contributed by atoms with Gasteiger partial charge in [-0.1, -0.05) is 54.4 Å². The van der Waals surface area contributed by atoms with Crippen LogP contribution in [-0.2, 0) is 9.59 Å². The second-order valence-corrected chi connectivity index (χ2v) is 6.85. The molecule has 0 spiro atoms. The topological polar surface area (TPSA) is 40.6 Å². The Balaban J connectivity index is 2.19. The van der Waals surface area contributed by atoms with Crippen molar-refractivity contribution in [1.29, 1.82) is 0 Å². The highest BCUT2D eigenvalue weighted by atomic mass is 35.5. The summed E-state index contributed by atoms with van der Waals surface area (Å²) >= 11 is 12.3. The molecule has 1 aliphatic heterocycles. The molecule has 134 valence electrons. The van der Waals surface area contributed by atoms with E-state index in [1.54, 1.807) is 30.1 Å². The van der Waals surface area contributed by atoms with Crippen LogP contribution in [-0.4, -0.2) is 30.3 Å². The van der Waals surface area contributed by atoms with Crippen LogP contribution in [0.5, 0.6) is 0 Å². The summed E-state index contributed by atoms with van der Waals surface area (Å²) < 4.78 is 0. The van der Waals surface area contributed by atoms with Crippen LogP contribution in [0.15, 0.2) is 54.2 Å². The number of imide groups is 1. The van der Waals surface area contributed by atoms with E-state index in [1.807, 2.05) is 37.3 Å². The first kappa shape index (κ1) is 18.5. The Bertz CT molecular complexity index is 894. The molecule has 0 unspecified atom stereocenters. The molecular weight excluding hydrogens is 371 g/mol. The number of likely N-dealkylation sites (N-methyl/N-ethyl adjacent to an activating group) is 1. The lowest BCUT2D eigenvalue weighted by Gasteiger charge is -2.21. The number of hydrogen-bond acceptors (Lipinski definition) is 3. The first-order valence-electron chi connectivity index (χ1n) is 8.30. The Kier molecular flexibility index (Phi) is 5.35. The Morgan fingerprint density at radius 1 is 1.00 bits per heavy atom. The van der Waals surface area contributed by atoms with E-state index < -0.39 is 0 Å². The van der Waals surface area contributed by atoms with E-state index in [0.29, 0.717) is 39.8 Å². The zero-order valence-electron chi connectivity index (χ0n) is 14.5. The average molecular weight is 389 g/mol. The van der Waals surface area contributed by atoms with Gasteiger partial charge in [0.25, 0.3) is 11.8 Å². The number of carbonyl (C=O) groups excluding carboxylic acids is 2. The third-order valence-corrected chi connectivity index (χ3v) is 4.82. The molecule has 1 heterocycles. The molecule has 0 aromatic heterocycles. The monoisotopic (exact) mass is 388 g/mol. The molecule has 6 heteroatoms. The van der Waals surface area contributed by atoms with E-state index in [1.165, 1.54) is 4.90 Å². The molecule has 0 atom stereocenters. The van der Waals surface area contributed by atoms with Crippen molar-refractivity contribution in [3.8, 4) is 0 Å². The second-order valence-electron chi connectivity index (χ2n) is 6.00. The number of halogens is 2. The van der Waals surface area contributed by atoms with Crippen LogP contribution < -0.4 is 4.90 Å². The smallest absolute Gasteiger partial charge is 0.278 e. The van der Waals surface area contributed by atoms with Crippen LogP contribution in [0.25, 0.3) is 5.57 Å². The molecule has 0 saturated heterocycles. The fourth-order valence-electron chi connectivity index (χ4n) is 3.02. The van der Waals surface area contributed by atoms with Crippen molar-refractivity contribution in [2.75, 3.05) is 18.5 Å². The number of para-hydroxylation sites is 1. The van der Waals surface area contributed by atoms with Crippen molar-refractivity contribution in [3.05, 3.63) is 69.8 Å². The predicted octanol–water partition coefficient (Wildman–Crippen LogP) is 4.62. The van der Waals surface area contributed by atoms with Gasteiger partial charge < -0.3 is 4.90 Å². The summed E-state index contributed by atoms with van der Waals surface area (Å²) in [5, 5.41) is 0.811. The summed E-state index contributed by atoms with van der Waals surface area (Å²) in [6.07, 6.45) is 0.682. The van der Waals surface area contributed by atoms with Gasteiger partial charge >= 0.3 is 0 Å². The third-order valence-electron chi connectivity index (χ3n) is 4.27. The normalized spacial score (nSPS) is 14.4. The Labute approximate surface area is 162 Å². The van der Waals surface area contributed by atoms with Crippen molar-refractivity contribution < 1.29 is 9.59 Å². The van der Waals surface area contributed by atoms with E-state index in [4.69, 9.17) is 23.2 Å². The molecule has 0 N–H and O–H groups in total. The molecule has 4 nitrogen and oxygen atoms in total. The van der Waals surface area contributed by atoms with Gasteiger partial charge in [-0.25, -0.2) is 0 Å². The van der Waals surface area contributed by atoms with Gasteiger partial charge in [0.15, 0.2) is 0 Å². The minimum Gasteiger partial charge on any atom is -0.339 e. The maximum absolute atomic E-state index is 13.0. The standard InChI is InChI=1S/C20H18Cl2N2O2/c1-3-11-24-19(25)17(15-10-9-13(21)12-16(15)22)18(20(24)26)23(2)14-7-5-4-6-8-14/h4-10,12H,3,11H2,1-2H3. The zero-order chi connectivity index (χ0) is 18.8. The lowest BCUT2D eigenvalue weighted by atomic mass is 10.0. The van der Waals surface area contributed by atoms with Crippen LogP contribution in [0.1, 0.15) is 18.9 Å². The fourth-order valence-corrected chi connectivity index (χ4v) is 3.52. The highest BCUT2D eigenvalue weighted by Gasteiger charge is 2.41. The minimum atomic E-state index is -0.334. The van der Waals surface area contributed by atoms with Gasteiger partial charge in [-0.3, -0.25) is 14.5 Å². The number of nitrogens with zero attached hydrogens (tertiary/aromatic N) is 2. The summed E-state index contributed by atoms with van der Waals surface area (Å²) in [6, 6.07) is 14.3. The predicted molar refractivity (Wildman–Crippen MR) is 105 cm³/mol. The number of carbonyl (C=O) groups is 2. The molecule has 0 fully saturated rings. The van der Waals surface area contributed by atoms with Crippen molar-refractivity contribution >= 4 is 46.3 Å². The van der Waals surface area contributed by atoms with Gasteiger partial charge in [0.1, 0.15) is 5.70 Å². The molecule has 0 bridgehead atoms. The van der Waals surface area contributed by atoms with Crippen molar-refractivity contribution in [1.82, 2.24) is 4.90 Å². The molecule has 0 aliphatic carbocycles. The first-order valence-corrected chi connectivity index (χ1v) is 9.06. The first-order chi connectivity index (χ1) is 12.5. The molecular formula is C20H18Cl2N2O2. The Hall–Kier alpha value is -2.30. The Morgan fingerprint density at radius 2 is 1.69 bits per heavy atom. The number of amides is 2. The average Bonchev–Trinajstić information content (AvgIpc) is 2.87. The van der Waals surface area contributed by atoms with Gasteiger partial charge in [0.2, 0.25) is 0 Å². The zero-order valence-corrected chi connectivity index (χ0v) is 16.0. The lowest BCUT2D eigenvalue weighted by Crippen LogP contribution is -2.34. The molecule has 0 radical (unpaired) electrons. The maximum Gasteiger partial charge on any atom is 0.278 e. The molecule has 3 rings (SSSR count). The van der Waals surface area contributed by atoms with E-state index in [-0.39, 0.29) is 11.8 Å². The number of anilines is 1. The van der Waals surface area contributed by atoms with Crippen molar-refractivity contribution in [2.24, 2.45) is 0 Å². The van der Waals surface area contributed by atoms with Crippen molar-refractivity contribution in [3.63, 3.8) is 0 Å². The summed E-state index contributed by atoms with van der Waals surface area (Å²) in [5.74, 6) is -0.650. The quantitative estimate of drug-likeness (QED) is 0.701. The van der Waals surface area contributed by atoms with Crippen LogP contribution in [0.2, 0.25) is 10.0 Å². The second kappa shape index (κ2) is 7.52. The number of hydrogen-bond donors (Lipinski definition) is 0. The number of benzene rings is 2. The highest BCUT2D eigenvalue weighted by molar-refractivity contribution is 6.41. The summed E-state index contributed by atoms with van der Waals surface area (Å²) in [6.45, 7) is 2.28.